The molecule has 156 valence electrons. The normalized spacial score (nSPS) is 42.3. The highest BCUT2D eigenvalue weighted by Crippen LogP contribution is 2.55. The molecule has 3 rings (SSSR count). The molecule has 0 aromatic rings. The minimum Gasteiger partial charge on any atom is -0.459 e. The summed E-state index contributed by atoms with van der Waals surface area (Å²) in [5.41, 5.74) is -2.87. The van der Waals surface area contributed by atoms with E-state index in [9.17, 15) is 24.9 Å². The molecule has 0 unspecified atom stereocenters. The molecule has 3 fully saturated rings. The van der Waals surface area contributed by atoms with Crippen LogP contribution in [-0.2, 0) is 19.1 Å². The van der Waals surface area contributed by atoms with Crippen molar-refractivity contribution in [1.82, 2.24) is 0 Å². The van der Waals surface area contributed by atoms with Crippen molar-refractivity contribution in [3.8, 4) is 0 Å². The third kappa shape index (κ3) is 3.17. The maximum atomic E-state index is 12.4. The smallest absolute Gasteiger partial charge is 0.339 e. The summed E-state index contributed by atoms with van der Waals surface area (Å²) in [6.07, 6.45) is -2.54. The average Bonchev–Trinajstić information content (AvgIpc) is 3.04. The van der Waals surface area contributed by atoms with Crippen molar-refractivity contribution in [2.24, 2.45) is 17.8 Å². The van der Waals surface area contributed by atoms with Gasteiger partial charge in [0.2, 0.25) is 0 Å². The second-order valence-corrected chi connectivity index (χ2v) is 8.68. The van der Waals surface area contributed by atoms with Gasteiger partial charge in [-0.2, -0.15) is 0 Å². The number of rotatable bonds is 4. The summed E-state index contributed by atoms with van der Waals surface area (Å²) in [6, 6.07) is 0. The first-order chi connectivity index (χ1) is 13.0. The van der Waals surface area contributed by atoms with E-state index in [4.69, 9.17) is 32.7 Å². The lowest BCUT2D eigenvalue weighted by molar-refractivity contribution is -0.172. The number of hydrogen-bond acceptors (Lipinski definition) is 7. The van der Waals surface area contributed by atoms with Gasteiger partial charge >= 0.3 is 11.9 Å². The second kappa shape index (κ2) is 7.29. The van der Waals surface area contributed by atoms with Crippen LogP contribution in [0.1, 0.15) is 19.8 Å². The van der Waals surface area contributed by atoms with Gasteiger partial charge in [0.25, 0.3) is 0 Å². The van der Waals surface area contributed by atoms with E-state index in [0.717, 1.165) is 0 Å². The van der Waals surface area contributed by atoms with Crippen LogP contribution < -0.4 is 0 Å². The molecule has 8 atom stereocenters. The van der Waals surface area contributed by atoms with Crippen molar-refractivity contribution in [2.75, 3.05) is 11.8 Å². The molecule has 0 radical (unpaired) electrons. The van der Waals surface area contributed by atoms with E-state index < -0.39 is 53.3 Å². The van der Waals surface area contributed by atoms with E-state index in [-0.39, 0.29) is 36.1 Å². The van der Waals surface area contributed by atoms with Gasteiger partial charge in [0.15, 0.2) is 5.60 Å². The third-order valence-corrected chi connectivity index (χ3v) is 7.19. The van der Waals surface area contributed by atoms with Crippen LogP contribution >= 0.6 is 23.2 Å². The lowest BCUT2D eigenvalue weighted by atomic mass is 9.76. The Morgan fingerprint density at radius 1 is 1.43 bits per heavy atom. The van der Waals surface area contributed by atoms with E-state index in [0.29, 0.717) is 5.57 Å². The van der Waals surface area contributed by atoms with Crippen LogP contribution in [0.25, 0.3) is 0 Å². The van der Waals surface area contributed by atoms with E-state index in [1.54, 1.807) is 0 Å². The number of ether oxygens (including phenoxy) is 2. The number of aliphatic hydroxyl groups excluding tert-OH is 1. The van der Waals surface area contributed by atoms with Crippen molar-refractivity contribution in [3.63, 3.8) is 0 Å². The first-order valence-electron chi connectivity index (χ1n) is 9.01. The first kappa shape index (κ1) is 21.6. The SMILES string of the molecule is C=C1C(=O)O[C@H]2[C@@H]1[C@H](OC(=O)[C@](C)(O)CCl)CC(=C)[C@@H]1C[C@@H](O)[C@@](O)(CCl)[C@H]21. The largest absolute Gasteiger partial charge is 0.459 e. The molecule has 9 heteroatoms. The maximum Gasteiger partial charge on any atom is 0.339 e. The summed E-state index contributed by atoms with van der Waals surface area (Å²) in [5.74, 6) is -4.11. The van der Waals surface area contributed by atoms with Crippen LogP contribution in [0.5, 0.6) is 0 Å². The highest BCUT2D eigenvalue weighted by molar-refractivity contribution is 6.20. The van der Waals surface area contributed by atoms with E-state index >= 15 is 0 Å². The van der Waals surface area contributed by atoms with E-state index in [1.807, 2.05) is 0 Å². The van der Waals surface area contributed by atoms with Gasteiger partial charge in [-0.05, 0) is 19.3 Å². The van der Waals surface area contributed by atoms with Crippen molar-refractivity contribution < 1.29 is 34.4 Å². The maximum absolute atomic E-state index is 12.4. The number of aliphatic hydroxyl groups is 3. The van der Waals surface area contributed by atoms with Gasteiger partial charge in [0, 0.05) is 17.9 Å². The Labute approximate surface area is 172 Å². The molecule has 3 N–H and O–H groups in total. The first-order valence-corrected chi connectivity index (χ1v) is 10.1. The summed E-state index contributed by atoms with van der Waals surface area (Å²) in [6.45, 7) is 9.05. The Balaban J connectivity index is 2.01. The van der Waals surface area contributed by atoms with Crippen LogP contribution in [-0.4, -0.2) is 68.5 Å². The standard InChI is InChI=1S/C19H24Cl2O7/c1-8-4-11(27-17(24)18(3,25)6-20)13-9(2)16(23)28-15(13)14-10(8)5-12(22)19(14,26)7-21/h10-15,22,25-26H,1-2,4-7H2,3H3/t10-,11+,12+,13-,14-,15-,18+,19-/m0/s1. The third-order valence-electron chi connectivity index (χ3n) is 6.24. The minimum atomic E-state index is -1.90. The molecule has 1 aliphatic heterocycles. The van der Waals surface area contributed by atoms with Gasteiger partial charge in [0.05, 0.1) is 23.8 Å². The summed E-state index contributed by atoms with van der Waals surface area (Å²) in [7, 11) is 0. The molecule has 0 bridgehead atoms. The molecule has 2 aliphatic carbocycles. The zero-order valence-corrected chi connectivity index (χ0v) is 16.9. The van der Waals surface area contributed by atoms with Gasteiger partial charge in [-0.15, -0.1) is 23.2 Å². The van der Waals surface area contributed by atoms with Crippen LogP contribution in [0.15, 0.2) is 24.3 Å². The monoisotopic (exact) mass is 434 g/mol. The van der Waals surface area contributed by atoms with E-state index in [1.165, 1.54) is 6.92 Å². The molecular weight excluding hydrogens is 411 g/mol. The Bertz CT molecular complexity index is 721. The fraction of sp³-hybridized carbons (Fsp3) is 0.684. The molecule has 2 saturated carbocycles. The molecule has 0 spiro atoms. The van der Waals surface area contributed by atoms with Crippen LogP contribution in [0.4, 0.5) is 0 Å². The molecule has 0 aromatic carbocycles. The van der Waals surface area contributed by atoms with Crippen molar-refractivity contribution >= 4 is 35.1 Å². The fourth-order valence-electron chi connectivity index (χ4n) is 4.58. The van der Waals surface area contributed by atoms with Crippen molar-refractivity contribution in [3.05, 3.63) is 24.3 Å². The van der Waals surface area contributed by atoms with Gasteiger partial charge in [0.1, 0.15) is 17.8 Å². The number of hydrogen-bond donors (Lipinski definition) is 3. The number of alkyl halides is 2. The molecule has 28 heavy (non-hydrogen) atoms. The van der Waals surface area contributed by atoms with Gasteiger partial charge in [-0.1, -0.05) is 18.7 Å². The quantitative estimate of drug-likeness (QED) is 0.260. The molecule has 1 saturated heterocycles. The number of carbonyl (C=O) groups is 2. The van der Waals surface area contributed by atoms with E-state index in [2.05, 4.69) is 13.2 Å². The molecule has 7 nitrogen and oxygen atoms in total. The topological polar surface area (TPSA) is 113 Å². The molecular formula is C19H24Cl2O7. The zero-order chi connectivity index (χ0) is 21.0. The molecule has 0 aromatic heterocycles. The molecule has 0 amide bonds. The lowest BCUT2D eigenvalue weighted by Crippen LogP contribution is -2.52. The Morgan fingerprint density at radius 3 is 2.64 bits per heavy atom. The Morgan fingerprint density at radius 2 is 2.07 bits per heavy atom. The number of carbonyl (C=O) groups excluding carboxylic acids is 2. The fourth-order valence-corrected chi connectivity index (χ4v) is 5.05. The minimum absolute atomic E-state index is 0.0973. The summed E-state index contributed by atoms with van der Waals surface area (Å²) in [5, 5.41) is 31.6. The summed E-state index contributed by atoms with van der Waals surface area (Å²) < 4.78 is 11.0. The molecule has 3 aliphatic rings. The highest BCUT2D eigenvalue weighted by Gasteiger charge is 2.64. The zero-order valence-electron chi connectivity index (χ0n) is 15.4. The van der Waals surface area contributed by atoms with Crippen LogP contribution in [0, 0.1) is 17.8 Å². The predicted molar refractivity (Wildman–Crippen MR) is 101 cm³/mol. The van der Waals surface area contributed by atoms with Crippen LogP contribution in [0.2, 0.25) is 0 Å². The van der Waals surface area contributed by atoms with Gasteiger partial charge in [-0.3, -0.25) is 0 Å². The summed E-state index contributed by atoms with van der Waals surface area (Å²) >= 11 is 11.6. The predicted octanol–water partition coefficient (Wildman–Crippen LogP) is 0.913. The van der Waals surface area contributed by atoms with Crippen LogP contribution in [0.3, 0.4) is 0 Å². The lowest BCUT2D eigenvalue weighted by Gasteiger charge is -2.37. The van der Waals surface area contributed by atoms with Gasteiger partial charge < -0.3 is 24.8 Å². The number of halogens is 2. The van der Waals surface area contributed by atoms with Gasteiger partial charge in [-0.25, -0.2) is 9.59 Å². The number of fused-ring (bicyclic) bond motifs is 3. The van der Waals surface area contributed by atoms with Crippen molar-refractivity contribution in [1.29, 1.82) is 0 Å². The Kier molecular flexibility index (Phi) is 5.62. The second-order valence-electron chi connectivity index (χ2n) is 8.14. The summed E-state index contributed by atoms with van der Waals surface area (Å²) in [4.78, 5) is 24.6. The number of esters is 2. The highest BCUT2D eigenvalue weighted by atomic mass is 35.5. The van der Waals surface area contributed by atoms with Crippen molar-refractivity contribution in [2.45, 2.75) is 49.3 Å². The Hall–Kier alpha value is -1.12. The average molecular weight is 435 g/mol. The molecule has 1 heterocycles.